The van der Waals surface area contributed by atoms with Crippen molar-refractivity contribution in [3.8, 4) is 5.69 Å². The van der Waals surface area contributed by atoms with Crippen LogP contribution in [-0.2, 0) is 20.7 Å². The summed E-state index contributed by atoms with van der Waals surface area (Å²) in [5.74, 6) is -2.38. The van der Waals surface area contributed by atoms with E-state index in [9.17, 15) is 14.4 Å². The molecule has 1 aromatic carbocycles. The summed E-state index contributed by atoms with van der Waals surface area (Å²) in [7, 11) is 2.41. The first-order valence-corrected chi connectivity index (χ1v) is 6.39. The molecule has 2 rings (SSSR count). The molecule has 0 fully saturated rings. The van der Waals surface area contributed by atoms with Crippen LogP contribution in [0.2, 0.25) is 0 Å². The van der Waals surface area contributed by atoms with Gasteiger partial charge in [0, 0.05) is 0 Å². The van der Waals surface area contributed by atoms with Crippen molar-refractivity contribution < 1.29 is 29.0 Å². The van der Waals surface area contributed by atoms with E-state index in [1.54, 1.807) is 0 Å². The van der Waals surface area contributed by atoms with Gasteiger partial charge < -0.3 is 14.6 Å². The predicted molar refractivity (Wildman–Crippen MR) is 75.4 cm³/mol. The fraction of sp³-hybridized carbons (Fsp3) is 0.214. The van der Waals surface area contributed by atoms with E-state index in [4.69, 9.17) is 5.11 Å². The van der Waals surface area contributed by atoms with E-state index in [2.05, 4.69) is 19.8 Å². The van der Waals surface area contributed by atoms with Crippen LogP contribution in [0.3, 0.4) is 0 Å². The number of nitrogens with zero attached hydrogens (tertiary/aromatic N) is 3. The second-order valence-corrected chi connectivity index (χ2v) is 4.46. The monoisotopic (exact) mass is 319 g/mol. The number of hydrogen-bond acceptors (Lipinski definition) is 7. The average Bonchev–Trinajstić information content (AvgIpc) is 3.00. The highest BCUT2D eigenvalue weighted by atomic mass is 16.5. The molecule has 1 aromatic heterocycles. The number of methoxy groups -OCH3 is 2. The SMILES string of the molecule is COC(=O)c1cc(C(=O)OC)cc(-n2nncc2CC(=O)O)c1. The van der Waals surface area contributed by atoms with E-state index in [0.717, 1.165) is 0 Å². The smallest absolute Gasteiger partial charge is 0.337 e. The minimum absolute atomic E-state index is 0.0992. The molecule has 0 aliphatic carbocycles. The molecule has 0 aliphatic rings. The lowest BCUT2D eigenvalue weighted by Crippen LogP contribution is -2.12. The summed E-state index contributed by atoms with van der Waals surface area (Å²) in [6.45, 7) is 0. The van der Waals surface area contributed by atoms with E-state index in [0.29, 0.717) is 5.69 Å². The lowest BCUT2D eigenvalue weighted by atomic mass is 10.1. The van der Waals surface area contributed by atoms with Crippen LogP contribution in [0.15, 0.2) is 24.4 Å². The first kappa shape index (κ1) is 16.1. The average molecular weight is 319 g/mol. The maximum atomic E-state index is 11.7. The van der Waals surface area contributed by atoms with Gasteiger partial charge in [0.25, 0.3) is 0 Å². The Bertz CT molecular complexity index is 733. The van der Waals surface area contributed by atoms with Crippen molar-refractivity contribution in [3.05, 3.63) is 41.2 Å². The molecule has 0 saturated heterocycles. The van der Waals surface area contributed by atoms with Crippen molar-refractivity contribution >= 4 is 17.9 Å². The maximum Gasteiger partial charge on any atom is 0.337 e. The molecular weight excluding hydrogens is 306 g/mol. The molecule has 2 aromatic rings. The fourth-order valence-corrected chi connectivity index (χ4v) is 1.95. The first-order valence-electron chi connectivity index (χ1n) is 6.39. The third-order valence-corrected chi connectivity index (χ3v) is 2.96. The van der Waals surface area contributed by atoms with Crippen LogP contribution < -0.4 is 0 Å². The molecular formula is C14H13N3O6. The molecule has 0 atom stereocenters. The Morgan fingerprint density at radius 1 is 1.09 bits per heavy atom. The Kier molecular flexibility index (Phi) is 4.69. The number of carbonyl (C=O) groups excluding carboxylic acids is 2. The number of benzene rings is 1. The van der Waals surface area contributed by atoms with E-state index in [-0.39, 0.29) is 23.2 Å². The van der Waals surface area contributed by atoms with Gasteiger partial charge in [-0.05, 0) is 18.2 Å². The number of carboxylic acid groups (broad SMARTS) is 1. The molecule has 1 N–H and O–H groups in total. The highest BCUT2D eigenvalue weighted by Crippen LogP contribution is 2.17. The van der Waals surface area contributed by atoms with Gasteiger partial charge in [0.05, 0.1) is 49.3 Å². The van der Waals surface area contributed by atoms with E-state index >= 15 is 0 Å². The minimum atomic E-state index is -1.06. The Balaban J connectivity index is 2.57. The van der Waals surface area contributed by atoms with Crippen LogP contribution >= 0.6 is 0 Å². The summed E-state index contributed by atoms with van der Waals surface area (Å²) in [4.78, 5) is 34.4. The van der Waals surface area contributed by atoms with Gasteiger partial charge in [-0.25, -0.2) is 14.3 Å². The lowest BCUT2D eigenvalue weighted by molar-refractivity contribution is -0.136. The van der Waals surface area contributed by atoms with Crippen molar-refractivity contribution in [2.24, 2.45) is 0 Å². The van der Waals surface area contributed by atoms with E-state index in [1.807, 2.05) is 0 Å². The Morgan fingerprint density at radius 2 is 1.65 bits per heavy atom. The van der Waals surface area contributed by atoms with Gasteiger partial charge in [-0.1, -0.05) is 5.21 Å². The number of carbonyl (C=O) groups is 3. The van der Waals surface area contributed by atoms with Crippen LogP contribution in [0.1, 0.15) is 26.4 Å². The quantitative estimate of drug-likeness (QED) is 0.789. The standard InChI is InChI=1S/C14H13N3O6/c1-22-13(20)8-3-9(14(21)23-2)5-10(4-8)17-11(6-12(18)19)7-15-16-17/h3-5,7H,6H2,1-2H3,(H,18,19). The number of hydrogen-bond donors (Lipinski definition) is 1. The molecule has 0 spiro atoms. The fourth-order valence-electron chi connectivity index (χ4n) is 1.95. The van der Waals surface area contributed by atoms with Crippen LogP contribution in [0.5, 0.6) is 0 Å². The zero-order valence-corrected chi connectivity index (χ0v) is 12.3. The number of esters is 2. The van der Waals surface area contributed by atoms with Crippen LogP contribution in [0.4, 0.5) is 0 Å². The lowest BCUT2D eigenvalue weighted by Gasteiger charge is -2.09. The third kappa shape index (κ3) is 3.51. The highest BCUT2D eigenvalue weighted by Gasteiger charge is 2.17. The molecule has 0 radical (unpaired) electrons. The first-order chi connectivity index (χ1) is 11.0. The van der Waals surface area contributed by atoms with E-state index < -0.39 is 17.9 Å². The van der Waals surface area contributed by atoms with Crippen molar-refractivity contribution in [2.75, 3.05) is 14.2 Å². The van der Waals surface area contributed by atoms with Gasteiger partial charge in [-0.15, -0.1) is 5.10 Å². The predicted octanol–water partition coefficient (Wildman–Crippen LogP) is 0.468. The zero-order valence-electron chi connectivity index (χ0n) is 12.3. The van der Waals surface area contributed by atoms with Gasteiger partial charge in [-0.2, -0.15) is 0 Å². The molecule has 0 amide bonds. The normalized spacial score (nSPS) is 10.2. The molecule has 1 heterocycles. The molecule has 9 heteroatoms. The van der Waals surface area contributed by atoms with Crippen LogP contribution in [0, 0.1) is 0 Å². The van der Waals surface area contributed by atoms with Gasteiger partial charge in [0.1, 0.15) is 0 Å². The molecule has 0 aliphatic heterocycles. The third-order valence-electron chi connectivity index (χ3n) is 2.96. The van der Waals surface area contributed by atoms with Crippen molar-refractivity contribution in [2.45, 2.75) is 6.42 Å². The van der Waals surface area contributed by atoms with Crippen molar-refractivity contribution in [1.29, 1.82) is 0 Å². The second kappa shape index (κ2) is 6.69. The molecule has 120 valence electrons. The highest BCUT2D eigenvalue weighted by molar-refractivity contribution is 5.96. The minimum Gasteiger partial charge on any atom is -0.481 e. The number of aliphatic carboxylic acids is 1. The Hall–Kier alpha value is -3.23. The number of carboxylic acids is 1. The van der Waals surface area contributed by atoms with Gasteiger partial charge in [0.2, 0.25) is 0 Å². The Labute approximate surface area is 130 Å². The molecule has 0 bridgehead atoms. The number of aromatic nitrogens is 3. The number of rotatable bonds is 5. The van der Waals surface area contributed by atoms with Crippen molar-refractivity contribution in [3.63, 3.8) is 0 Å². The van der Waals surface area contributed by atoms with E-state index in [1.165, 1.54) is 43.3 Å². The summed E-state index contributed by atoms with van der Waals surface area (Å²) in [5.41, 5.74) is 0.779. The molecule has 23 heavy (non-hydrogen) atoms. The second-order valence-electron chi connectivity index (χ2n) is 4.46. The molecule has 9 nitrogen and oxygen atoms in total. The topological polar surface area (TPSA) is 121 Å². The van der Waals surface area contributed by atoms with Gasteiger partial charge >= 0.3 is 17.9 Å². The summed E-state index contributed by atoms with van der Waals surface area (Å²) < 4.78 is 10.5. The summed E-state index contributed by atoms with van der Waals surface area (Å²) in [5, 5.41) is 16.4. The number of ether oxygens (including phenoxy) is 2. The summed E-state index contributed by atoms with van der Waals surface area (Å²) in [6, 6.07) is 4.14. The molecule has 0 saturated carbocycles. The maximum absolute atomic E-state index is 11.7. The van der Waals surface area contributed by atoms with Crippen LogP contribution in [-0.4, -0.2) is 52.2 Å². The van der Waals surface area contributed by atoms with Crippen molar-refractivity contribution in [1.82, 2.24) is 15.0 Å². The van der Waals surface area contributed by atoms with Crippen LogP contribution in [0.25, 0.3) is 5.69 Å². The Morgan fingerprint density at radius 3 is 2.13 bits per heavy atom. The van der Waals surface area contributed by atoms with Gasteiger partial charge in [-0.3, -0.25) is 4.79 Å². The zero-order chi connectivity index (χ0) is 17.0. The van der Waals surface area contributed by atoms with Gasteiger partial charge in [0.15, 0.2) is 0 Å². The molecule has 0 unspecified atom stereocenters. The summed E-state index contributed by atoms with van der Waals surface area (Å²) >= 11 is 0. The largest absolute Gasteiger partial charge is 0.481 e. The summed E-state index contributed by atoms with van der Waals surface area (Å²) in [6.07, 6.45) is 0.972.